The summed E-state index contributed by atoms with van der Waals surface area (Å²) in [5.41, 5.74) is 1.85. The molecule has 2 aromatic rings. The maximum Gasteiger partial charge on any atom is 0.178 e. The molecule has 0 fully saturated rings. The van der Waals surface area contributed by atoms with Gasteiger partial charge in [-0.1, -0.05) is 6.92 Å². The van der Waals surface area contributed by atoms with Crippen molar-refractivity contribution in [2.24, 2.45) is 0 Å². The Kier molecular flexibility index (Phi) is 4.21. The van der Waals surface area contributed by atoms with Crippen LogP contribution in [0.3, 0.4) is 0 Å². The van der Waals surface area contributed by atoms with E-state index < -0.39 is 9.84 Å². The van der Waals surface area contributed by atoms with Gasteiger partial charge in [-0.3, -0.25) is 5.10 Å². The largest absolute Gasteiger partial charge is 0.379 e. The van der Waals surface area contributed by atoms with Gasteiger partial charge in [-0.25, -0.2) is 8.42 Å². The van der Waals surface area contributed by atoms with Gasteiger partial charge in [0.1, 0.15) is 0 Å². The average Bonchev–Trinajstić information content (AvgIpc) is 2.90. The van der Waals surface area contributed by atoms with Crippen molar-refractivity contribution >= 4 is 15.5 Å². The Morgan fingerprint density at radius 1 is 1.21 bits per heavy atom. The summed E-state index contributed by atoms with van der Waals surface area (Å²) in [6.07, 6.45) is 2.32. The van der Waals surface area contributed by atoms with E-state index >= 15 is 0 Å². The number of sulfone groups is 1. The molecule has 19 heavy (non-hydrogen) atoms. The second kappa shape index (κ2) is 5.88. The molecule has 0 bridgehead atoms. The summed E-state index contributed by atoms with van der Waals surface area (Å²) < 4.78 is 23.7. The van der Waals surface area contributed by atoms with Gasteiger partial charge < -0.3 is 5.32 Å². The Morgan fingerprint density at radius 2 is 1.95 bits per heavy atom. The molecule has 0 spiro atoms. The highest BCUT2D eigenvalue weighted by atomic mass is 32.2. The number of hydrogen-bond acceptors (Lipinski definition) is 4. The summed E-state index contributed by atoms with van der Waals surface area (Å²) >= 11 is 0. The van der Waals surface area contributed by atoms with E-state index in [0.717, 1.165) is 11.4 Å². The van der Waals surface area contributed by atoms with E-state index in [1.54, 1.807) is 30.5 Å². The van der Waals surface area contributed by atoms with E-state index in [1.165, 1.54) is 0 Å². The van der Waals surface area contributed by atoms with Gasteiger partial charge in [0.2, 0.25) is 0 Å². The molecule has 0 unspecified atom stereocenters. The molecule has 0 aliphatic heterocycles. The molecule has 0 radical (unpaired) electrons. The zero-order valence-electron chi connectivity index (χ0n) is 10.8. The fourth-order valence-corrected chi connectivity index (χ4v) is 3.07. The highest BCUT2D eigenvalue weighted by molar-refractivity contribution is 7.91. The molecule has 1 aromatic carbocycles. The molecule has 0 aliphatic rings. The predicted octanol–water partition coefficient (Wildman–Crippen LogP) is 2.21. The number of aromatic amines is 1. The Morgan fingerprint density at radius 3 is 2.53 bits per heavy atom. The van der Waals surface area contributed by atoms with E-state index in [9.17, 15) is 8.42 Å². The smallest absolute Gasteiger partial charge is 0.178 e. The van der Waals surface area contributed by atoms with Crippen LogP contribution in [0.4, 0.5) is 5.69 Å². The molecule has 0 atom stereocenters. The molecule has 1 aromatic heterocycles. The van der Waals surface area contributed by atoms with Gasteiger partial charge in [-0.15, -0.1) is 0 Å². The fraction of sp³-hybridized carbons (Fsp3) is 0.308. The van der Waals surface area contributed by atoms with Gasteiger partial charge >= 0.3 is 0 Å². The lowest BCUT2D eigenvalue weighted by atomic mass is 10.3. The van der Waals surface area contributed by atoms with Gasteiger partial charge in [-0.2, -0.15) is 5.10 Å². The van der Waals surface area contributed by atoms with E-state index in [2.05, 4.69) is 15.5 Å². The van der Waals surface area contributed by atoms with Crippen LogP contribution >= 0.6 is 0 Å². The van der Waals surface area contributed by atoms with E-state index in [4.69, 9.17) is 0 Å². The minimum atomic E-state index is -3.13. The minimum absolute atomic E-state index is 0.188. The standard InChI is InChI=1S/C13H17N3O2S/c1-2-9-19(17,18)13-5-3-11(4-6-13)14-10-12-7-8-15-16-12/h3-8,14H,2,9-10H2,1H3,(H,15,16). The third-order valence-electron chi connectivity index (χ3n) is 2.73. The third kappa shape index (κ3) is 3.57. The molecule has 0 amide bonds. The first kappa shape index (κ1) is 13.6. The van der Waals surface area contributed by atoms with Crippen LogP contribution in [0.5, 0.6) is 0 Å². The second-order valence-electron chi connectivity index (χ2n) is 4.28. The molecule has 5 nitrogen and oxygen atoms in total. The SMILES string of the molecule is CCCS(=O)(=O)c1ccc(NCc2ccn[nH]2)cc1. The lowest BCUT2D eigenvalue weighted by molar-refractivity contribution is 0.595. The van der Waals surface area contributed by atoms with Crippen LogP contribution < -0.4 is 5.32 Å². The Bertz CT molecular complexity index is 604. The van der Waals surface area contributed by atoms with Gasteiger partial charge in [-0.05, 0) is 36.8 Å². The monoisotopic (exact) mass is 279 g/mol. The first-order chi connectivity index (χ1) is 9.12. The van der Waals surface area contributed by atoms with Crippen molar-refractivity contribution in [1.82, 2.24) is 10.2 Å². The second-order valence-corrected chi connectivity index (χ2v) is 6.39. The molecular weight excluding hydrogens is 262 g/mol. The van der Waals surface area contributed by atoms with Crippen molar-refractivity contribution in [1.29, 1.82) is 0 Å². The van der Waals surface area contributed by atoms with E-state index in [-0.39, 0.29) is 5.75 Å². The lowest BCUT2D eigenvalue weighted by Crippen LogP contribution is -2.06. The zero-order chi connectivity index (χ0) is 13.7. The number of nitrogens with one attached hydrogen (secondary N) is 2. The molecule has 2 N–H and O–H groups in total. The van der Waals surface area contributed by atoms with Crippen LogP contribution in [-0.4, -0.2) is 24.4 Å². The van der Waals surface area contributed by atoms with Gasteiger partial charge in [0.15, 0.2) is 9.84 Å². The quantitative estimate of drug-likeness (QED) is 0.850. The van der Waals surface area contributed by atoms with Crippen LogP contribution in [0.25, 0.3) is 0 Å². The summed E-state index contributed by atoms with van der Waals surface area (Å²) in [5.74, 6) is 0.188. The molecule has 6 heteroatoms. The van der Waals surface area contributed by atoms with Crippen molar-refractivity contribution in [2.75, 3.05) is 11.1 Å². The average molecular weight is 279 g/mol. The number of nitrogens with zero attached hydrogens (tertiary/aromatic N) is 1. The zero-order valence-corrected chi connectivity index (χ0v) is 11.6. The van der Waals surface area contributed by atoms with Gasteiger partial charge in [0.05, 0.1) is 22.9 Å². The third-order valence-corrected chi connectivity index (χ3v) is 4.66. The van der Waals surface area contributed by atoms with E-state index in [0.29, 0.717) is 17.9 Å². The van der Waals surface area contributed by atoms with E-state index in [1.807, 2.05) is 13.0 Å². The number of hydrogen-bond donors (Lipinski definition) is 2. The first-order valence-corrected chi connectivity index (χ1v) is 7.82. The predicted molar refractivity (Wildman–Crippen MR) is 74.7 cm³/mol. The van der Waals surface area contributed by atoms with Crippen LogP contribution in [0, 0.1) is 0 Å². The Labute approximate surface area is 113 Å². The van der Waals surface area contributed by atoms with Crippen molar-refractivity contribution < 1.29 is 8.42 Å². The maximum absolute atomic E-state index is 11.9. The number of H-pyrrole nitrogens is 1. The summed E-state index contributed by atoms with van der Waals surface area (Å²) in [5, 5.41) is 9.90. The number of rotatable bonds is 6. The van der Waals surface area contributed by atoms with Crippen LogP contribution in [0.1, 0.15) is 19.0 Å². The fourth-order valence-electron chi connectivity index (χ4n) is 1.75. The molecule has 0 saturated heterocycles. The van der Waals surface area contributed by atoms with Crippen molar-refractivity contribution in [3.05, 3.63) is 42.2 Å². The molecule has 0 saturated carbocycles. The molecular formula is C13H17N3O2S. The first-order valence-electron chi connectivity index (χ1n) is 6.17. The lowest BCUT2D eigenvalue weighted by Gasteiger charge is -2.07. The maximum atomic E-state index is 11.9. The van der Waals surface area contributed by atoms with Crippen LogP contribution in [-0.2, 0) is 16.4 Å². The van der Waals surface area contributed by atoms with Gasteiger partial charge in [0, 0.05) is 11.9 Å². The molecule has 2 rings (SSSR count). The normalized spacial score (nSPS) is 11.4. The van der Waals surface area contributed by atoms with Crippen LogP contribution in [0.2, 0.25) is 0 Å². The summed E-state index contributed by atoms with van der Waals surface area (Å²) in [6, 6.07) is 8.71. The number of benzene rings is 1. The summed E-state index contributed by atoms with van der Waals surface area (Å²) in [7, 11) is -3.13. The van der Waals surface area contributed by atoms with Crippen molar-refractivity contribution in [3.63, 3.8) is 0 Å². The molecule has 1 heterocycles. The number of aromatic nitrogens is 2. The van der Waals surface area contributed by atoms with Crippen LogP contribution in [0.15, 0.2) is 41.4 Å². The number of anilines is 1. The Hall–Kier alpha value is -1.82. The summed E-state index contributed by atoms with van der Waals surface area (Å²) in [6.45, 7) is 2.49. The highest BCUT2D eigenvalue weighted by Gasteiger charge is 2.12. The van der Waals surface area contributed by atoms with Gasteiger partial charge in [0.25, 0.3) is 0 Å². The van der Waals surface area contributed by atoms with Crippen molar-refractivity contribution in [2.45, 2.75) is 24.8 Å². The molecule has 0 aliphatic carbocycles. The Balaban J connectivity index is 2.02. The summed E-state index contributed by atoms with van der Waals surface area (Å²) in [4.78, 5) is 0.376. The highest BCUT2D eigenvalue weighted by Crippen LogP contribution is 2.16. The molecule has 102 valence electrons. The van der Waals surface area contributed by atoms with Crippen molar-refractivity contribution in [3.8, 4) is 0 Å². The topological polar surface area (TPSA) is 74.8 Å². The minimum Gasteiger partial charge on any atom is -0.379 e.